The van der Waals surface area contributed by atoms with Gasteiger partial charge in [-0.2, -0.15) is 0 Å². The summed E-state index contributed by atoms with van der Waals surface area (Å²) in [5.74, 6) is 1.10. The van der Waals surface area contributed by atoms with E-state index in [2.05, 4.69) is 11.3 Å². The molecular formula is C21H26N2O5S. The molecule has 0 aliphatic heterocycles. The number of hydrogen-bond donors (Lipinski definition) is 1. The topological polar surface area (TPSA) is 84.9 Å². The summed E-state index contributed by atoms with van der Waals surface area (Å²) in [7, 11) is 1.25. The van der Waals surface area contributed by atoms with Gasteiger partial charge in [-0.3, -0.25) is 4.79 Å². The van der Waals surface area contributed by atoms with Crippen molar-refractivity contribution in [2.75, 3.05) is 34.4 Å². The highest BCUT2D eigenvalue weighted by Crippen LogP contribution is 2.27. The lowest BCUT2D eigenvalue weighted by Crippen LogP contribution is -2.29. The van der Waals surface area contributed by atoms with Crippen LogP contribution in [0.25, 0.3) is 0 Å². The van der Waals surface area contributed by atoms with Gasteiger partial charge in [0.1, 0.15) is 0 Å². The summed E-state index contributed by atoms with van der Waals surface area (Å²) in [5, 5.41) is 0. The number of carbonyl (C=O) groups is 1. The molecule has 0 heterocycles. The first-order valence-corrected chi connectivity index (χ1v) is 10.5. The second-order valence-electron chi connectivity index (χ2n) is 6.33. The standard InChI is InChI=1S/C21H26N2O5S/c1-5-13-22-29(25,26)18-9-7-17(8-10-18)21(24)23(2)14-12-16-6-11-19(27-3)20(15-16)28-4/h5-11,15,22H,1,12-14H2,2-4H3. The number of benzene rings is 2. The number of methoxy groups -OCH3 is 2. The summed E-state index contributed by atoms with van der Waals surface area (Å²) in [4.78, 5) is 14.3. The predicted molar refractivity (Wildman–Crippen MR) is 112 cm³/mol. The van der Waals surface area contributed by atoms with Crippen molar-refractivity contribution in [3.8, 4) is 11.5 Å². The molecule has 29 heavy (non-hydrogen) atoms. The van der Waals surface area contributed by atoms with Crippen molar-refractivity contribution in [2.45, 2.75) is 11.3 Å². The Hall–Kier alpha value is -2.84. The molecule has 8 heteroatoms. The maximum absolute atomic E-state index is 12.6. The Bertz CT molecular complexity index is 956. The molecule has 2 aromatic carbocycles. The third-order valence-corrected chi connectivity index (χ3v) is 5.80. The third kappa shape index (κ3) is 5.82. The normalized spacial score (nSPS) is 11.0. The van der Waals surface area contributed by atoms with Crippen LogP contribution in [0.3, 0.4) is 0 Å². The van der Waals surface area contributed by atoms with Crippen molar-refractivity contribution in [2.24, 2.45) is 0 Å². The summed E-state index contributed by atoms with van der Waals surface area (Å²) in [5.41, 5.74) is 1.43. The van der Waals surface area contributed by atoms with Crippen molar-refractivity contribution >= 4 is 15.9 Å². The fourth-order valence-corrected chi connectivity index (χ4v) is 3.68. The van der Waals surface area contributed by atoms with Crippen molar-refractivity contribution in [3.05, 3.63) is 66.2 Å². The zero-order valence-electron chi connectivity index (χ0n) is 16.8. The second-order valence-corrected chi connectivity index (χ2v) is 8.10. The Kier molecular flexibility index (Phi) is 7.81. The first kappa shape index (κ1) is 22.4. The number of hydrogen-bond acceptors (Lipinski definition) is 5. The molecule has 0 bridgehead atoms. The summed E-state index contributed by atoms with van der Waals surface area (Å²) >= 11 is 0. The zero-order valence-corrected chi connectivity index (χ0v) is 17.7. The van der Waals surface area contributed by atoms with Gasteiger partial charge in [-0.05, 0) is 48.4 Å². The quantitative estimate of drug-likeness (QED) is 0.599. The van der Waals surface area contributed by atoms with Crippen LogP contribution in [0.5, 0.6) is 11.5 Å². The minimum atomic E-state index is -3.61. The highest BCUT2D eigenvalue weighted by atomic mass is 32.2. The number of nitrogens with one attached hydrogen (secondary N) is 1. The van der Waals surface area contributed by atoms with E-state index in [-0.39, 0.29) is 17.3 Å². The molecule has 0 atom stereocenters. The van der Waals surface area contributed by atoms with Gasteiger partial charge in [0.2, 0.25) is 10.0 Å². The Morgan fingerprint density at radius 1 is 1.10 bits per heavy atom. The van der Waals surface area contributed by atoms with Gasteiger partial charge >= 0.3 is 0 Å². The van der Waals surface area contributed by atoms with E-state index < -0.39 is 10.0 Å². The SMILES string of the molecule is C=CCNS(=O)(=O)c1ccc(C(=O)N(C)CCc2ccc(OC)c(OC)c2)cc1. The van der Waals surface area contributed by atoms with E-state index in [4.69, 9.17) is 9.47 Å². The summed E-state index contributed by atoms with van der Waals surface area (Å²) in [6, 6.07) is 11.5. The van der Waals surface area contributed by atoms with Gasteiger partial charge in [-0.1, -0.05) is 12.1 Å². The lowest BCUT2D eigenvalue weighted by atomic mass is 10.1. The van der Waals surface area contributed by atoms with Crippen LogP contribution in [0.2, 0.25) is 0 Å². The summed E-state index contributed by atoms with van der Waals surface area (Å²) in [6.07, 6.45) is 2.10. The van der Waals surface area contributed by atoms with E-state index >= 15 is 0 Å². The smallest absolute Gasteiger partial charge is 0.253 e. The highest BCUT2D eigenvalue weighted by Gasteiger charge is 2.16. The van der Waals surface area contributed by atoms with E-state index in [0.29, 0.717) is 30.0 Å². The molecule has 0 spiro atoms. The zero-order chi connectivity index (χ0) is 21.4. The van der Waals surface area contributed by atoms with Crippen LogP contribution >= 0.6 is 0 Å². The van der Waals surface area contributed by atoms with E-state index in [1.807, 2.05) is 18.2 Å². The van der Waals surface area contributed by atoms with E-state index in [9.17, 15) is 13.2 Å². The molecule has 1 N–H and O–H groups in total. The van der Waals surface area contributed by atoms with Crippen molar-refractivity contribution in [1.29, 1.82) is 0 Å². The Balaban J connectivity index is 2.02. The van der Waals surface area contributed by atoms with Crippen molar-refractivity contribution < 1.29 is 22.7 Å². The molecule has 0 aliphatic carbocycles. The Labute approximate surface area is 172 Å². The molecular weight excluding hydrogens is 392 g/mol. The van der Waals surface area contributed by atoms with Crippen LogP contribution < -0.4 is 14.2 Å². The van der Waals surface area contributed by atoms with Crippen LogP contribution in [-0.4, -0.2) is 53.6 Å². The first-order chi connectivity index (χ1) is 13.8. The number of nitrogens with zero attached hydrogens (tertiary/aromatic N) is 1. The Morgan fingerprint density at radius 3 is 2.34 bits per heavy atom. The fraction of sp³-hybridized carbons (Fsp3) is 0.286. The average Bonchev–Trinajstić information content (AvgIpc) is 2.75. The van der Waals surface area contributed by atoms with Crippen molar-refractivity contribution in [1.82, 2.24) is 9.62 Å². The molecule has 2 rings (SSSR count). The van der Waals surface area contributed by atoms with E-state index in [1.54, 1.807) is 26.2 Å². The minimum absolute atomic E-state index is 0.101. The van der Waals surface area contributed by atoms with E-state index in [1.165, 1.54) is 30.3 Å². The molecule has 0 aromatic heterocycles. The fourth-order valence-electron chi connectivity index (χ4n) is 2.68. The maximum atomic E-state index is 12.6. The van der Waals surface area contributed by atoms with Crippen LogP contribution in [0.4, 0.5) is 0 Å². The van der Waals surface area contributed by atoms with Crippen LogP contribution in [-0.2, 0) is 16.4 Å². The number of ether oxygens (including phenoxy) is 2. The predicted octanol–water partition coefficient (Wildman–Crippen LogP) is 2.48. The molecule has 7 nitrogen and oxygen atoms in total. The molecule has 0 saturated carbocycles. The molecule has 2 aromatic rings. The monoisotopic (exact) mass is 418 g/mol. The van der Waals surface area contributed by atoms with Gasteiger partial charge < -0.3 is 14.4 Å². The lowest BCUT2D eigenvalue weighted by molar-refractivity contribution is 0.0796. The minimum Gasteiger partial charge on any atom is -0.493 e. The molecule has 0 aliphatic rings. The van der Waals surface area contributed by atoms with Gasteiger partial charge in [0, 0.05) is 25.7 Å². The molecule has 156 valence electrons. The first-order valence-electron chi connectivity index (χ1n) is 8.99. The number of carbonyl (C=O) groups excluding carboxylic acids is 1. The largest absolute Gasteiger partial charge is 0.493 e. The van der Waals surface area contributed by atoms with Crippen LogP contribution in [0.15, 0.2) is 60.0 Å². The van der Waals surface area contributed by atoms with Gasteiger partial charge in [0.05, 0.1) is 19.1 Å². The number of amides is 1. The van der Waals surface area contributed by atoms with Gasteiger partial charge in [-0.25, -0.2) is 13.1 Å². The van der Waals surface area contributed by atoms with Gasteiger partial charge in [0.25, 0.3) is 5.91 Å². The lowest BCUT2D eigenvalue weighted by Gasteiger charge is -2.18. The second kappa shape index (κ2) is 10.1. The van der Waals surface area contributed by atoms with Crippen LogP contribution in [0, 0.1) is 0 Å². The van der Waals surface area contributed by atoms with Crippen molar-refractivity contribution in [3.63, 3.8) is 0 Å². The molecule has 0 radical (unpaired) electrons. The Morgan fingerprint density at radius 2 is 1.76 bits per heavy atom. The molecule has 1 amide bonds. The van der Waals surface area contributed by atoms with Gasteiger partial charge in [0.15, 0.2) is 11.5 Å². The highest BCUT2D eigenvalue weighted by molar-refractivity contribution is 7.89. The number of sulfonamides is 1. The summed E-state index contributed by atoms with van der Waals surface area (Å²) < 4.78 is 37.1. The average molecular weight is 419 g/mol. The summed E-state index contributed by atoms with van der Waals surface area (Å²) in [6.45, 7) is 4.12. The maximum Gasteiger partial charge on any atom is 0.253 e. The number of likely N-dealkylation sites (N-methyl/N-ethyl adjacent to an activating group) is 1. The molecule has 0 fully saturated rings. The van der Waals surface area contributed by atoms with E-state index in [0.717, 1.165) is 5.56 Å². The van der Waals surface area contributed by atoms with Gasteiger partial charge in [-0.15, -0.1) is 6.58 Å². The molecule has 0 unspecified atom stereocenters. The third-order valence-electron chi connectivity index (χ3n) is 4.36. The number of rotatable bonds is 10. The molecule has 0 saturated heterocycles. The van der Waals surface area contributed by atoms with Crippen LogP contribution in [0.1, 0.15) is 15.9 Å².